The molecule has 0 bridgehead atoms. The summed E-state index contributed by atoms with van der Waals surface area (Å²) in [6.45, 7) is 4.03. The third-order valence-corrected chi connectivity index (χ3v) is 2.85. The molecule has 0 saturated heterocycles. The Kier molecular flexibility index (Phi) is 5.36. The summed E-state index contributed by atoms with van der Waals surface area (Å²) in [7, 11) is 0. The lowest BCUT2D eigenvalue weighted by molar-refractivity contribution is -0.141. The molecule has 0 fully saturated rings. The van der Waals surface area contributed by atoms with Crippen molar-refractivity contribution in [2.24, 2.45) is 0 Å². The summed E-state index contributed by atoms with van der Waals surface area (Å²) in [5.41, 5.74) is -0.124. The third-order valence-electron chi connectivity index (χ3n) is 2.85. The fourth-order valence-corrected chi connectivity index (χ4v) is 1.87. The van der Waals surface area contributed by atoms with Gasteiger partial charge in [0.05, 0.1) is 0 Å². The number of nitrogens with one attached hydrogen (secondary N) is 2. The highest BCUT2D eigenvalue weighted by Crippen LogP contribution is 2.29. The van der Waals surface area contributed by atoms with E-state index in [4.69, 9.17) is 0 Å². The molecule has 0 aromatic carbocycles. The van der Waals surface area contributed by atoms with Crippen LogP contribution in [0.15, 0.2) is 30.5 Å². The minimum absolute atomic E-state index is 0.0461. The van der Waals surface area contributed by atoms with Crippen LogP contribution in [0.3, 0.4) is 0 Å². The molecule has 0 unspecified atom stereocenters. The number of alkyl halides is 3. The van der Waals surface area contributed by atoms with Crippen LogP contribution in [0.25, 0.3) is 0 Å². The number of aromatic nitrogens is 3. The zero-order valence-electron chi connectivity index (χ0n) is 12.9. The van der Waals surface area contributed by atoms with E-state index >= 15 is 0 Å². The molecular formula is C15H18F3N5. The molecule has 5 nitrogen and oxygen atoms in total. The second-order valence-corrected chi connectivity index (χ2v) is 5.26. The van der Waals surface area contributed by atoms with E-state index in [0.29, 0.717) is 13.0 Å². The highest BCUT2D eigenvalue weighted by molar-refractivity contribution is 5.43. The molecule has 2 aromatic rings. The average molecular weight is 325 g/mol. The zero-order valence-corrected chi connectivity index (χ0v) is 12.9. The Morgan fingerprint density at radius 2 is 1.96 bits per heavy atom. The van der Waals surface area contributed by atoms with Crippen molar-refractivity contribution >= 4 is 11.8 Å². The quantitative estimate of drug-likeness (QED) is 0.853. The largest absolute Gasteiger partial charge is 0.433 e. The van der Waals surface area contributed by atoms with Crippen molar-refractivity contribution in [3.05, 3.63) is 41.9 Å². The van der Waals surface area contributed by atoms with Gasteiger partial charge in [0.15, 0.2) is 5.69 Å². The van der Waals surface area contributed by atoms with Crippen LogP contribution in [-0.2, 0) is 12.6 Å². The summed E-state index contributed by atoms with van der Waals surface area (Å²) in [6, 6.07) is 6.36. The first-order chi connectivity index (χ1) is 10.8. The molecule has 124 valence electrons. The van der Waals surface area contributed by atoms with Gasteiger partial charge in [-0.2, -0.15) is 18.2 Å². The number of hydrogen-bond donors (Lipinski definition) is 2. The van der Waals surface area contributed by atoms with Crippen LogP contribution in [0, 0.1) is 0 Å². The zero-order chi connectivity index (χ0) is 16.9. The van der Waals surface area contributed by atoms with Gasteiger partial charge in [-0.3, -0.25) is 4.98 Å². The number of nitrogens with zero attached hydrogens (tertiary/aromatic N) is 3. The standard InChI is InChI=1S/C15H18F3N5/c1-10(2)21-14-22-12(15(16,17)18)9-13(23-14)20-8-6-11-5-3-4-7-19-11/h3-5,7,9-10H,6,8H2,1-2H3,(H2,20,21,22,23). The van der Waals surface area contributed by atoms with E-state index < -0.39 is 11.9 Å². The molecule has 2 N–H and O–H groups in total. The molecule has 0 saturated carbocycles. The van der Waals surface area contributed by atoms with Gasteiger partial charge in [-0.05, 0) is 26.0 Å². The van der Waals surface area contributed by atoms with Gasteiger partial charge in [-0.15, -0.1) is 0 Å². The van der Waals surface area contributed by atoms with E-state index in [1.807, 2.05) is 12.1 Å². The summed E-state index contributed by atoms with van der Waals surface area (Å²) in [6.07, 6.45) is -2.26. The van der Waals surface area contributed by atoms with Crippen molar-refractivity contribution < 1.29 is 13.2 Å². The van der Waals surface area contributed by atoms with Crippen LogP contribution >= 0.6 is 0 Å². The van der Waals surface area contributed by atoms with E-state index in [1.54, 1.807) is 26.1 Å². The van der Waals surface area contributed by atoms with Gasteiger partial charge >= 0.3 is 6.18 Å². The molecule has 2 rings (SSSR count). The number of anilines is 2. The van der Waals surface area contributed by atoms with Gasteiger partial charge in [0.2, 0.25) is 5.95 Å². The lowest BCUT2D eigenvalue weighted by Gasteiger charge is -2.14. The molecular weight excluding hydrogens is 307 g/mol. The SMILES string of the molecule is CC(C)Nc1nc(NCCc2ccccn2)cc(C(F)(F)F)n1. The Morgan fingerprint density at radius 1 is 1.17 bits per heavy atom. The molecule has 0 atom stereocenters. The molecule has 0 aliphatic heterocycles. The summed E-state index contributed by atoms with van der Waals surface area (Å²) in [4.78, 5) is 11.7. The minimum atomic E-state index is -4.52. The molecule has 2 aromatic heterocycles. The van der Waals surface area contributed by atoms with E-state index in [2.05, 4.69) is 25.6 Å². The maximum Gasteiger partial charge on any atom is 0.433 e. The van der Waals surface area contributed by atoms with Gasteiger partial charge in [0.1, 0.15) is 5.82 Å². The molecule has 0 spiro atoms. The molecule has 23 heavy (non-hydrogen) atoms. The predicted molar refractivity (Wildman–Crippen MR) is 82.2 cm³/mol. The lowest BCUT2D eigenvalue weighted by Crippen LogP contribution is -2.18. The Labute approximate surface area is 132 Å². The maximum absolute atomic E-state index is 12.9. The summed E-state index contributed by atoms with van der Waals surface area (Å²) >= 11 is 0. The summed E-state index contributed by atoms with van der Waals surface area (Å²) in [5, 5.41) is 5.68. The molecule has 0 radical (unpaired) electrons. The Morgan fingerprint density at radius 3 is 2.57 bits per heavy atom. The highest BCUT2D eigenvalue weighted by atomic mass is 19.4. The van der Waals surface area contributed by atoms with Gasteiger partial charge in [-0.1, -0.05) is 6.07 Å². The van der Waals surface area contributed by atoms with Gasteiger partial charge in [-0.25, -0.2) is 4.98 Å². The van der Waals surface area contributed by atoms with Crippen LogP contribution in [-0.4, -0.2) is 27.5 Å². The number of hydrogen-bond acceptors (Lipinski definition) is 5. The average Bonchev–Trinajstić information content (AvgIpc) is 2.46. The van der Waals surface area contributed by atoms with E-state index in [1.165, 1.54) is 0 Å². The van der Waals surface area contributed by atoms with Crippen molar-refractivity contribution in [2.75, 3.05) is 17.2 Å². The fourth-order valence-electron chi connectivity index (χ4n) is 1.87. The first-order valence-electron chi connectivity index (χ1n) is 7.21. The monoisotopic (exact) mass is 325 g/mol. The van der Waals surface area contributed by atoms with Crippen molar-refractivity contribution in [3.63, 3.8) is 0 Å². The Hall–Kier alpha value is -2.38. The predicted octanol–water partition coefficient (Wildman–Crippen LogP) is 3.37. The number of halogens is 3. The summed E-state index contributed by atoms with van der Waals surface area (Å²) in [5.74, 6) is 0.0848. The van der Waals surface area contributed by atoms with Gasteiger partial charge in [0, 0.05) is 37.0 Å². The maximum atomic E-state index is 12.9. The van der Waals surface area contributed by atoms with Crippen molar-refractivity contribution in [1.82, 2.24) is 15.0 Å². The summed E-state index contributed by atoms with van der Waals surface area (Å²) < 4.78 is 38.7. The van der Waals surface area contributed by atoms with Gasteiger partial charge < -0.3 is 10.6 Å². The van der Waals surface area contributed by atoms with Crippen LogP contribution in [0.1, 0.15) is 25.2 Å². The fraction of sp³-hybridized carbons (Fsp3) is 0.400. The normalized spacial score (nSPS) is 11.6. The molecule has 0 aliphatic carbocycles. The number of pyridine rings is 1. The Bertz CT molecular complexity index is 629. The van der Waals surface area contributed by atoms with Crippen LogP contribution in [0.4, 0.5) is 24.9 Å². The first kappa shape index (κ1) is 17.0. The van der Waals surface area contributed by atoms with Gasteiger partial charge in [0.25, 0.3) is 0 Å². The minimum Gasteiger partial charge on any atom is -0.370 e. The van der Waals surface area contributed by atoms with Crippen molar-refractivity contribution in [3.8, 4) is 0 Å². The highest BCUT2D eigenvalue weighted by Gasteiger charge is 2.33. The molecule has 0 amide bonds. The topological polar surface area (TPSA) is 62.7 Å². The van der Waals surface area contributed by atoms with Crippen molar-refractivity contribution in [2.45, 2.75) is 32.5 Å². The van der Waals surface area contributed by atoms with E-state index in [-0.39, 0.29) is 17.8 Å². The smallest absolute Gasteiger partial charge is 0.370 e. The van der Waals surface area contributed by atoms with Crippen LogP contribution in [0.5, 0.6) is 0 Å². The van der Waals surface area contributed by atoms with Crippen LogP contribution < -0.4 is 10.6 Å². The Balaban J connectivity index is 2.10. The van der Waals surface area contributed by atoms with E-state index in [0.717, 1.165) is 11.8 Å². The molecule has 8 heteroatoms. The second kappa shape index (κ2) is 7.26. The number of rotatable bonds is 6. The first-order valence-corrected chi connectivity index (χ1v) is 7.21. The third kappa shape index (κ3) is 5.39. The van der Waals surface area contributed by atoms with Crippen LogP contribution in [0.2, 0.25) is 0 Å². The lowest BCUT2D eigenvalue weighted by atomic mass is 10.2. The van der Waals surface area contributed by atoms with Crippen molar-refractivity contribution in [1.29, 1.82) is 0 Å². The van der Waals surface area contributed by atoms with E-state index in [9.17, 15) is 13.2 Å². The molecule has 0 aliphatic rings. The second-order valence-electron chi connectivity index (χ2n) is 5.26. The molecule has 2 heterocycles.